The molecule has 0 aromatic heterocycles. The first-order valence-electron chi connectivity index (χ1n) is 7.24. The first kappa shape index (κ1) is 28.0. The zero-order valence-electron chi connectivity index (χ0n) is 15.2. The average Bonchev–Trinajstić information content (AvgIpc) is 2.62. The Morgan fingerprint density at radius 3 is 1.17 bits per heavy atom. The Morgan fingerprint density at radius 1 is 0.667 bits per heavy atom. The third-order valence-electron chi connectivity index (χ3n) is 2.26. The van der Waals surface area contributed by atoms with Gasteiger partial charge in [-0.15, -0.1) is 0 Å². The molecule has 0 aliphatic rings. The van der Waals surface area contributed by atoms with Gasteiger partial charge >= 0.3 is 13.4 Å². The summed E-state index contributed by atoms with van der Waals surface area (Å²) in [6, 6.07) is 0. The van der Waals surface area contributed by atoms with Gasteiger partial charge in [0.2, 0.25) is 0 Å². The van der Waals surface area contributed by atoms with Gasteiger partial charge < -0.3 is 27.1 Å². The van der Waals surface area contributed by atoms with Gasteiger partial charge in [0.25, 0.3) is 0 Å². The molecule has 0 fully saturated rings. The maximum Gasteiger partial charge on any atom is 0.326 e. The van der Waals surface area contributed by atoms with Crippen LogP contribution in [0.3, 0.4) is 0 Å². The zero-order chi connectivity index (χ0) is 18.9. The van der Waals surface area contributed by atoms with E-state index in [1.54, 1.807) is 23.5 Å². The minimum absolute atomic E-state index is 0.595. The minimum atomic E-state index is -2.40. The van der Waals surface area contributed by atoms with E-state index in [4.69, 9.17) is 50.8 Å². The van der Waals surface area contributed by atoms with Crippen LogP contribution in [0, 0.1) is 0 Å². The lowest BCUT2D eigenvalue weighted by atomic mass is 10.9. The molecule has 0 aliphatic carbocycles. The molecular weight excluding hydrogens is 430 g/mol. The third-order valence-corrected chi connectivity index (χ3v) is 9.19. The Hall–Kier alpha value is 1.76. The van der Waals surface area contributed by atoms with E-state index in [1.165, 1.54) is 28.4 Å². The highest BCUT2D eigenvalue weighted by atomic mass is 32.5. The molecule has 0 unspecified atom stereocenters. The van der Waals surface area contributed by atoms with Crippen LogP contribution in [0.25, 0.3) is 0 Å². The monoisotopic (exact) mass is 460 g/mol. The largest absolute Gasteiger partial charge is 0.326 e. The van der Waals surface area contributed by atoms with Crippen LogP contribution in [0.1, 0.15) is 13.8 Å². The molecule has 0 aromatic rings. The molecule has 0 spiro atoms. The highest BCUT2D eigenvalue weighted by Gasteiger charge is 2.16. The van der Waals surface area contributed by atoms with Gasteiger partial charge in [-0.25, -0.2) is 0 Å². The van der Waals surface area contributed by atoms with E-state index in [1.807, 2.05) is 0 Å². The van der Waals surface area contributed by atoms with E-state index >= 15 is 0 Å². The molecule has 0 rings (SSSR count). The number of hydrogen-bond donors (Lipinski definition) is 0. The lowest BCUT2D eigenvalue weighted by Gasteiger charge is -2.16. The molecule has 148 valence electrons. The number of hydrogen-bond acceptors (Lipinski definition) is 10. The van der Waals surface area contributed by atoms with Crippen molar-refractivity contribution in [3.05, 3.63) is 0 Å². The Morgan fingerprint density at radius 2 is 0.958 bits per heavy atom. The topological polar surface area (TPSA) is 55.4 Å². The van der Waals surface area contributed by atoms with Gasteiger partial charge in [-0.3, -0.25) is 0 Å². The fraction of sp³-hybridized carbons (Fsp3) is 1.00. The number of rotatable bonds is 14. The Balaban J connectivity index is 0. The SMILES string of the molecule is CCSCCOP(=S)(OC)OC.CCSCCOP(=S)(OC)OC. The summed E-state index contributed by atoms with van der Waals surface area (Å²) in [7, 11) is 6.04. The van der Waals surface area contributed by atoms with Gasteiger partial charge in [-0.2, -0.15) is 23.5 Å². The quantitative estimate of drug-likeness (QED) is 0.273. The van der Waals surface area contributed by atoms with Crippen LogP contribution in [-0.2, 0) is 50.8 Å². The van der Waals surface area contributed by atoms with E-state index in [9.17, 15) is 0 Å². The predicted octanol–water partition coefficient (Wildman–Crippen LogP) is 4.55. The molecule has 12 heteroatoms. The van der Waals surface area contributed by atoms with E-state index in [0.29, 0.717) is 13.2 Å². The maximum absolute atomic E-state index is 5.29. The van der Waals surface area contributed by atoms with Crippen LogP contribution in [0.5, 0.6) is 0 Å². The van der Waals surface area contributed by atoms with Crippen molar-refractivity contribution in [3.63, 3.8) is 0 Å². The summed E-state index contributed by atoms with van der Waals surface area (Å²) in [5.41, 5.74) is 0. The van der Waals surface area contributed by atoms with Crippen LogP contribution in [0.2, 0.25) is 0 Å². The molecule has 0 aliphatic heterocycles. The van der Waals surface area contributed by atoms with Gasteiger partial charge in [-0.05, 0) is 35.1 Å². The normalized spacial score (nSPS) is 11.9. The zero-order valence-corrected chi connectivity index (χ0v) is 20.3. The highest BCUT2D eigenvalue weighted by Crippen LogP contribution is 2.48. The summed E-state index contributed by atoms with van der Waals surface area (Å²) < 4.78 is 30.3. The second kappa shape index (κ2) is 18.1. The van der Waals surface area contributed by atoms with Gasteiger partial charge in [-0.1, -0.05) is 13.8 Å². The van der Waals surface area contributed by atoms with Crippen molar-refractivity contribution in [2.45, 2.75) is 13.8 Å². The fourth-order valence-electron chi connectivity index (χ4n) is 1.06. The van der Waals surface area contributed by atoms with E-state index in [0.717, 1.165) is 23.0 Å². The lowest BCUT2D eigenvalue weighted by Crippen LogP contribution is -1.98. The van der Waals surface area contributed by atoms with Crippen molar-refractivity contribution < 1.29 is 27.1 Å². The third kappa shape index (κ3) is 16.0. The average molecular weight is 461 g/mol. The second-order valence-electron chi connectivity index (χ2n) is 3.69. The van der Waals surface area contributed by atoms with Crippen LogP contribution < -0.4 is 0 Å². The molecule has 0 amide bonds. The Kier molecular flexibility index (Phi) is 21.1. The molecule has 0 atom stereocenters. The van der Waals surface area contributed by atoms with E-state index < -0.39 is 13.4 Å². The minimum Gasteiger partial charge on any atom is -0.312 e. The lowest BCUT2D eigenvalue weighted by molar-refractivity contribution is 0.211. The van der Waals surface area contributed by atoms with Crippen LogP contribution in [-0.4, -0.2) is 64.7 Å². The Labute approximate surface area is 165 Å². The molecular formula is C12H30O6P2S4. The molecule has 0 saturated carbocycles. The second-order valence-corrected chi connectivity index (χ2v) is 12.9. The smallest absolute Gasteiger partial charge is 0.312 e. The standard InChI is InChI=1S/2C6H15O3PS2/c2*1-4-12-6-5-9-10(11,7-2)8-3/h2*4-6H2,1-3H3. The summed E-state index contributed by atoms with van der Waals surface area (Å²) in [4.78, 5) is 0. The van der Waals surface area contributed by atoms with Crippen molar-refractivity contribution in [1.29, 1.82) is 0 Å². The summed E-state index contributed by atoms with van der Waals surface area (Å²) in [6.07, 6.45) is 0. The molecule has 0 N–H and O–H groups in total. The van der Waals surface area contributed by atoms with Crippen LogP contribution >= 0.6 is 37.0 Å². The molecule has 0 radical (unpaired) electrons. The first-order valence-corrected chi connectivity index (χ1v) is 14.7. The van der Waals surface area contributed by atoms with E-state index in [2.05, 4.69) is 13.8 Å². The van der Waals surface area contributed by atoms with Gasteiger partial charge in [0.05, 0.1) is 13.2 Å². The van der Waals surface area contributed by atoms with Crippen LogP contribution in [0.15, 0.2) is 0 Å². The van der Waals surface area contributed by atoms with Crippen molar-refractivity contribution >= 4 is 60.6 Å². The Bertz CT molecular complexity index is 325. The van der Waals surface area contributed by atoms with Crippen molar-refractivity contribution in [3.8, 4) is 0 Å². The molecule has 6 nitrogen and oxygen atoms in total. The number of thioether (sulfide) groups is 2. The highest BCUT2D eigenvalue weighted by molar-refractivity contribution is 8.08. The molecule has 24 heavy (non-hydrogen) atoms. The van der Waals surface area contributed by atoms with Crippen molar-refractivity contribution in [1.82, 2.24) is 0 Å². The van der Waals surface area contributed by atoms with Crippen molar-refractivity contribution in [2.75, 3.05) is 64.7 Å². The van der Waals surface area contributed by atoms with Gasteiger partial charge in [0.15, 0.2) is 0 Å². The molecule has 0 saturated heterocycles. The first-order chi connectivity index (χ1) is 11.4. The summed E-state index contributed by atoms with van der Waals surface area (Å²) >= 11 is 13.6. The molecule has 0 heterocycles. The maximum atomic E-state index is 5.29. The summed E-state index contributed by atoms with van der Waals surface area (Å²) in [6.45, 7) is 0.596. The van der Waals surface area contributed by atoms with Crippen molar-refractivity contribution in [2.24, 2.45) is 0 Å². The van der Waals surface area contributed by atoms with E-state index in [-0.39, 0.29) is 0 Å². The molecule has 0 aromatic carbocycles. The summed E-state index contributed by atoms with van der Waals surface area (Å²) in [5, 5.41) is 0. The van der Waals surface area contributed by atoms with Gasteiger partial charge in [0, 0.05) is 39.9 Å². The predicted molar refractivity (Wildman–Crippen MR) is 115 cm³/mol. The van der Waals surface area contributed by atoms with Gasteiger partial charge in [0.1, 0.15) is 0 Å². The van der Waals surface area contributed by atoms with Crippen LogP contribution in [0.4, 0.5) is 0 Å². The summed E-state index contributed by atoms with van der Waals surface area (Å²) in [5.74, 6) is 4.04. The molecule has 0 bridgehead atoms. The fourth-order valence-corrected chi connectivity index (χ4v) is 4.09.